The molecule has 0 aromatic rings. The standard InChI is InChI=1S/C11H13IN2O2S2/c1-2-14-10(15)8(16-11(14)17)3-4-9-13(7-12)5-6-18-9/h3-4H,2,5-7H2,1H3. The summed E-state index contributed by atoms with van der Waals surface area (Å²) >= 11 is 9.12. The van der Waals surface area contributed by atoms with Crippen LogP contribution in [-0.2, 0) is 9.53 Å². The third-order valence-corrected chi connectivity index (χ3v) is 4.84. The van der Waals surface area contributed by atoms with Crippen LogP contribution < -0.4 is 0 Å². The lowest BCUT2D eigenvalue weighted by Crippen LogP contribution is -2.27. The first kappa shape index (κ1) is 14.1. The number of thioether (sulfide) groups is 1. The van der Waals surface area contributed by atoms with Gasteiger partial charge < -0.3 is 9.64 Å². The van der Waals surface area contributed by atoms with Crippen molar-refractivity contribution in [2.24, 2.45) is 0 Å². The lowest BCUT2D eigenvalue weighted by atomic mass is 10.4. The zero-order valence-corrected chi connectivity index (χ0v) is 13.7. The van der Waals surface area contributed by atoms with Crippen LogP contribution in [0.5, 0.6) is 0 Å². The van der Waals surface area contributed by atoms with E-state index in [-0.39, 0.29) is 11.1 Å². The summed E-state index contributed by atoms with van der Waals surface area (Å²) in [5.74, 6) is 1.25. The van der Waals surface area contributed by atoms with Gasteiger partial charge in [-0.05, 0) is 31.3 Å². The molecule has 2 saturated heterocycles. The lowest BCUT2D eigenvalue weighted by Gasteiger charge is -2.13. The Kier molecular flexibility index (Phi) is 4.91. The zero-order valence-electron chi connectivity index (χ0n) is 9.89. The molecular weight excluding hydrogens is 383 g/mol. The fourth-order valence-electron chi connectivity index (χ4n) is 1.67. The number of rotatable bonds is 3. The molecule has 0 spiro atoms. The van der Waals surface area contributed by atoms with Gasteiger partial charge in [-0.15, -0.1) is 11.8 Å². The Bertz CT molecular complexity index is 437. The smallest absolute Gasteiger partial charge is 0.297 e. The highest BCUT2D eigenvalue weighted by Gasteiger charge is 2.31. The Morgan fingerprint density at radius 2 is 2.33 bits per heavy atom. The highest BCUT2D eigenvalue weighted by atomic mass is 127. The van der Waals surface area contributed by atoms with Crippen molar-refractivity contribution in [2.75, 3.05) is 23.4 Å². The monoisotopic (exact) mass is 396 g/mol. The molecule has 0 saturated carbocycles. The SMILES string of the molecule is CCN1C(=O)C(=CC=C2SCCN2CI)OC1=S. The lowest BCUT2D eigenvalue weighted by molar-refractivity contribution is -0.122. The summed E-state index contributed by atoms with van der Waals surface area (Å²) in [6, 6.07) is 0. The van der Waals surface area contributed by atoms with E-state index in [1.165, 1.54) is 9.93 Å². The van der Waals surface area contributed by atoms with Gasteiger partial charge in [0.25, 0.3) is 11.1 Å². The summed E-state index contributed by atoms with van der Waals surface area (Å²) in [6.45, 7) is 3.47. The van der Waals surface area contributed by atoms with Crippen LogP contribution in [-0.4, -0.2) is 44.3 Å². The second kappa shape index (κ2) is 6.25. The number of nitrogens with zero attached hydrogens (tertiary/aromatic N) is 2. The van der Waals surface area contributed by atoms with Gasteiger partial charge in [0.2, 0.25) is 0 Å². The molecule has 0 aliphatic carbocycles. The molecule has 7 heteroatoms. The van der Waals surface area contributed by atoms with Crippen molar-refractivity contribution in [3.05, 3.63) is 22.9 Å². The topological polar surface area (TPSA) is 32.8 Å². The maximum absolute atomic E-state index is 11.9. The van der Waals surface area contributed by atoms with Gasteiger partial charge in [-0.25, -0.2) is 0 Å². The zero-order chi connectivity index (χ0) is 13.1. The van der Waals surface area contributed by atoms with Crippen LogP contribution in [0.25, 0.3) is 0 Å². The van der Waals surface area contributed by atoms with E-state index in [1.807, 2.05) is 13.0 Å². The second-order valence-corrected chi connectivity index (χ2v) is 5.83. The molecule has 0 aromatic heterocycles. The fraction of sp³-hybridized carbons (Fsp3) is 0.455. The van der Waals surface area contributed by atoms with E-state index in [0.717, 1.165) is 16.8 Å². The molecule has 2 aliphatic heterocycles. The maximum Gasteiger partial charge on any atom is 0.297 e. The molecule has 0 radical (unpaired) electrons. The molecule has 18 heavy (non-hydrogen) atoms. The number of ether oxygens (including phenoxy) is 1. The molecule has 2 fully saturated rings. The number of carbonyl (C=O) groups excluding carboxylic acids is 1. The number of hydrogen-bond acceptors (Lipinski definition) is 5. The number of allylic oxidation sites excluding steroid dienone is 2. The van der Waals surface area contributed by atoms with Crippen LogP contribution in [0.15, 0.2) is 22.9 Å². The van der Waals surface area contributed by atoms with Crippen molar-refractivity contribution in [3.63, 3.8) is 0 Å². The molecule has 0 atom stereocenters. The first-order valence-electron chi connectivity index (χ1n) is 5.56. The molecule has 0 aromatic carbocycles. The second-order valence-electron chi connectivity index (χ2n) is 3.68. The summed E-state index contributed by atoms with van der Waals surface area (Å²) < 4.78 is 6.25. The van der Waals surface area contributed by atoms with Gasteiger partial charge in [0, 0.05) is 18.8 Å². The van der Waals surface area contributed by atoms with E-state index in [1.54, 1.807) is 17.8 Å². The highest BCUT2D eigenvalue weighted by molar-refractivity contribution is 14.1. The fourth-order valence-corrected chi connectivity index (χ4v) is 3.93. The minimum absolute atomic E-state index is 0.150. The largest absolute Gasteiger partial charge is 0.426 e. The predicted molar refractivity (Wildman–Crippen MR) is 85.3 cm³/mol. The van der Waals surface area contributed by atoms with Crippen molar-refractivity contribution in [1.29, 1.82) is 0 Å². The first-order chi connectivity index (χ1) is 8.67. The van der Waals surface area contributed by atoms with Crippen LogP contribution in [0, 0.1) is 0 Å². The van der Waals surface area contributed by atoms with E-state index >= 15 is 0 Å². The minimum Gasteiger partial charge on any atom is -0.426 e. The molecule has 0 bridgehead atoms. The van der Waals surface area contributed by atoms with E-state index in [9.17, 15) is 4.79 Å². The molecule has 0 unspecified atom stereocenters. The average Bonchev–Trinajstić information content (AvgIpc) is 2.91. The third-order valence-electron chi connectivity index (χ3n) is 2.63. The number of amides is 1. The van der Waals surface area contributed by atoms with Gasteiger partial charge in [-0.1, -0.05) is 22.6 Å². The number of thiocarbonyl (C=S) groups is 1. The molecule has 2 heterocycles. The van der Waals surface area contributed by atoms with E-state index in [0.29, 0.717) is 12.3 Å². The van der Waals surface area contributed by atoms with Crippen molar-refractivity contribution in [2.45, 2.75) is 6.92 Å². The van der Waals surface area contributed by atoms with Gasteiger partial charge in [0.15, 0.2) is 5.76 Å². The van der Waals surface area contributed by atoms with E-state index in [4.69, 9.17) is 17.0 Å². The summed E-state index contributed by atoms with van der Waals surface area (Å²) in [5.41, 5.74) is 0. The van der Waals surface area contributed by atoms with Crippen LogP contribution in [0.1, 0.15) is 6.92 Å². The summed E-state index contributed by atoms with van der Waals surface area (Å²) in [7, 11) is 0. The molecule has 2 rings (SSSR count). The van der Waals surface area contributed by atoms with Gasteiger partial charge in [-0.2, -0.15) is 0 Å². The first-order valence-corrected chi connectivity index (χ1v) is 8.48. The maximum atomic E-state index is 11.9. The Balaban J connectivity index is 2.13. The Morgan fingerprint density at radius 1 is 1.56 bits per heavy atom. The van der Waals surface area contributed by atoms with Crippen LogP contribution in [0.2, 0.25) is 0 Å². The predicted octanol–water partition coefficient (Wildman–Crippen LogP) is 2.32. The van der Waals surface area contributed by atoms with Crippen molar-refractivity contribution < 1.29 is 9.53 Å². The molecule has 2 aliphatic rings. The van der Waals surface area contributed by atoms with Gasteiger partial charge in [-0.3, -0.25) is 9.69 Å². The van der Waals surface area contributed by atoms with Gasteiger partial charge >= 0.3 is 0 Å². The van der Waals surface area contributed by atoms with E-state index < -0.39 is 0 Å². The number of carbonyl (C=O) groups is 1. The molecule has 98 valence electrons. The quantitative estimate of drug-likeness (QED) is 0.241. The summed E-state index contributed by atoms with van der Waals surface area (Å²) in [4.78, 5) is 15.6. The highest BCUT2D eigenvalue weighted by Crippen LogP contribution is 2.28. The number of alkyl halides is 1. The average molecular weight is 396 g/mol. The van der Waals surface area contributed by atoms with Gasteiger partial charge in [0.05, 0.1) is 9.58 Å². The normalized spacial score (nSPS) is 24.6. The van der Waals surface area contributed by atoms with Crippen LogP contribution in [0.4, 0.5) is 0 Å². The molecule has 1 amide bonds. The summed E-state index contributed by atoms with van der Waals surface area (Å²) in [6.07, 6.45) is 3.66. The van der Waals surface area contributed by atoms with Crippen LogP contribution in [0.3, 0.4) is 0 Å². The number of hydrogen-bond donors (Lipinski definition) is 0. The van der Waals surface area contributed by atoms with Gasteiger partial charge in [0.1, 0.15) is 0 Å². The number of halogens is 1. The Morgan fingerprint density at radius 3 is 2.94 bits per heavy atom. The van der Waals surface area contributed by atoms with Crippen molar-refractivity contribution >= 4 is 57.7 Å². The molecule has 4 nitrogen and oxygen atoms in total. The Hall–Kier alpha value is -0.280. The van der Waals surface area contributed by atoms with Crippen LogP contribution >= 0.6 is 46.6 Å². The summed E-state index contributed by atoms with van der Waals surface area (Å²) in [5, 5.41) is 1.42. The minimum atomic E-state index is -0.150. The van der Waals surface area contributed by atoms with Crippen molar-refractivity contribution in [1.82, 2.24) is 9.80 Å². The Labute approximate surface area is 130 Å². The van der Waals surface area contributed by atoms with E-state index in [2.05, 4.69) is 27.5 Å². The molecular formula is C11H13IN2O2S2. The third kappa shape index (κ3) is 2.83. The number of likely N-dealkylation sites (N-methyl/N-ethyl adjacent to an activating group) is 1. The molecule has 0 N–H and O–H groups in total. The van der Waals surface area contributed by atoms with Crippen molar-refractivity contribution in [3.8, 4) is 0 Å².